The van der Waals surface area contributed by atoms with Gasteiger partial charge in [-0.05, 0) is 32.0 Å². The van der Waals surface area contributed by atoms with Crippen molar-refractivity contribution in [3.8, 4) is 23.7 Å². The van der Waals surface area contributed by atoms with E-state index in [1.54, 1.807) is 41.8 Å². The highest BCUT2D eigenvalue weighted by molar-refractivity contribution is 5.80. The second-order valence-electron chi connectivity index (χ2n) is 7.50. The van der Waals surface area contributed by atoms with Gasteiger partial charge in [0.15, 0.2) is 5.60 Å². The Labute approximate surface area is 188 Å². The minimum atomic E-state index is -1.51. The summed E-state index contributed by atoms with van der Waals surface area (Å²) in [5.74, 6) is 6.78. The zero-order chi connectivity index (χ0) is 23.6. The Morgan fingerprint density at radius 2 is 2.09 bits per heavy atom. The molecule has 0 bridgehead atoms. The fraction of sp³-hybridized carbons (Fsp3) is 0.273. The van der Waals surface area contributed by atoms with Gasteiger partial charge in [0.05, 0.1) is 17.6 Å². The lowest BCUT2D eigenvalue weighted by atomic mass is 10.0. The molecule has 1 aromatic carbocycles. The van der Waals surface area contributed by atoms with Crippen LogP contribution in [0.5, 0.6) is 6.01 Å². The van der Waals surface area contributed by atoms with Crippen LogP contribution in [0, 0.1) is 18.8 Å². The highest BCUT2D eigenvalue weighted by Gasteiger charge is 2.24. The van der Waals surface area contributed by atoms with Gasteiger partial charge < -0.3 is 30.3 Å². The van der Waals surface area contributed by atoms with Gasteiger partial charge in [-0.25, -0.2) is 9.55 Å². The number of imidazole rings is 1. The van der Waals surface area contributed by atoms with Crippen molar-refractivity contribution in [2.24, 2.45) is 0 Å². The third kappa shape index (κ3) is 4.78. The second kappa shape index (κ2) is 8.87. The molecule has 0 fully saturated rings. The molecular formula is C22H22N6O5. The first-order valence-electron chi connectivity index (χ1n) is 9.99. The van der Waals surface area contributed by atoms with Gasteiger partial charge in [-0.15, -0.1) is 0 Å². The summed E-state index contributed by atoms with van der Waals surface area (Å²) in [5, 5.41) is 33.3. The van der Waals surface area contributed by atoms with Crippen molar-refractivity contribution in [2.45, 2.75) is 25.6 Å². The van der Waals surface area contributed by atoms with Crippen LogP contribution in [0.1, 0.15) is 23.9 Å². The summed E-state index contributed by atoms with van der Waals surface area (Å²) in [6, 6.07) is 8.64. The molecule has 0 aliphatic rings. The van der Waals surface area contributed by atoms with Crippen LogP contribution in [-0.2, 0) is 5.60 Å². The van der Waals surface area contributed by atoms with E-state index in [1.807, 2.05) is 0 Å². The number of hydrogen-bond acceptors (Lipinski definition) is 10. The molecule has 0 radical (unpaired) electrons. The minimum Gasteiger partial charge on any atom is -0.462 e. The molecule has 4 rings (SSSR count). The van der Waals surface area contributed by atoms with Gasteiger partial charge in [-0.3, -0.25) is 0 Å². The molecule has 0 saturated heterocycles. The molecule has 5 N–H and O–H groups in total. The van der Waals surface area contributed by atoms with E-state index < -0.39 is 18.3 Å². The minimum absolute atomic E-state index is 0.0607. The van der Waals surface area contributed by atoms with Gasteiger partial charge in [0.2, 0.25) is 5.95 Å². The van der Waals surface area contributed by atoms with Crippen LogP contribution >= 0.6 is 0 Å². The number of benzene rings is 1. The van der Waals surface area contributed by atoms with Gasteiger partial charge in [-0.2, -0.15) is 9.97 Å². The largest absolute Gasteiger partial charge is 0.462 e. The Balaban J connectivity index is 1.77. The lowest BCUT2D eigenvalue weighted by molar-refractivity contribution is 0.0500. The maximum absolute atomic E-state index is 10.7. The normalized spacial score (nSPS) is 13.8. The molecule has 11 nitrogen and oxygen atoms in total. The molecule has 0 aliphatic heterocycles. The van der Waals surface area contributed by atoms with Crippen molar-refractivity contribution in [3.05, 3.63) is 53.5 Å². The van der Waals surface area contributed by atoms with E-state index >= 15 is 0 Å². The zero-order valence-corrected chi connectivity index (χ0v) is 17.9. The molecule has 0 aliphatic carbocycles. The van der Waals surface area contributed by atoms with E-state index in [9.17, 15) is 10.2 Å². The van der Waals surface area contributed by atoms with Gasteiger partial charge >= 0.3 is 6.01 Å². The van der Waals surface area contributed by atoms with E-state index in [2.05, 4.69) is 31.9 Å². The Hall–Kier alpha value is -3.98. The van der Waals surface area contributed by atoms with Crippen molar-refractivity contribution in [1.82, 2.24) is 24.7 Å². The number of anilines is 1. The fourth-order valence-corrected chi connectivity index (χ4v) is 3.01. The maximum Gasteiger partial charge on any atom is 0.303 e. The molecular weight excluding hydrogens is 428 g/mol. The number of nitrogens with two attached hydrogens (primary N) is 1. The number of rotatable bonds is 6. The molecule has 2 unspecified atom stereocenters. The van der Waals surface area contributed by atoms with Gasteiger partial charge in [0.25, 0.3) is 0 Å². The summed E-state index contributed by atoms with van der Waals surface area (Å²) in [6.45, 7) is 2.63. The smallest absolute Gasteiger partial charge is 0.303 e. The molecule has 11 heteroatoms. The molecule has 170 valence electrons. The first-order valence-corrected chi connectivity index (χ1v) is 9.99. The van der Waals surface area contributed by atoms with E-state index in [-0.39, 0.29) is 18.6 Å². The number of fused-ring (bicyclic) bond motifs is 1. The van der Waals surface area contributed by atoms with Crippen LogP contribution in [0.25, 0.3) is 16.9 Å². The monoisotopic (exact) mass is 450 g/mol. The average Bonchev–Trinajstić information content (AvgIpc) is 3.39. The number of aliphatic hydroxyl groups excluding tert-OH is 2. The highest BCUT2D eigenvalue weighted by Crippen LogP contribution is 2.27. The first kappa shape index (κ1) is 22.2. The Morgan fingerprint density at radius 3 is 2.79 bits per heavy atom. The number of ether oxygens (including phenoxy) is 1. The Bertz CT molecular complexity index is 1350. The summed E-state index contributed by atoms with van der Waals surface area (Å²) in [7, 11) is 0. The van der Waals surface area contributed by atoms with Crippen LogP contribution in [-0.4, -0.2) is 59.3 Å². The van der Waals surface area contributed by atoms with Crippen molar-refractivity contribution in [2.75, 3.05) is 18.9 Å². The molecule has 0 saturated carbocycles. The molecule has 2 atom stereocenters. The Kier molecular flexibility index (Phi) is 5.97. The lowest BCUT2D eigenvalue weighted by Crippen LogP contribution is -2.22. The molecule has 3 aromatic heterocycles. The summed E-state index contributed by atoms with van der Waals surface area (Å²) < 4.78 is 12.3. The SMILES string of the molecule is Cc1cc(C(C)(O)C#Cc2ccc3nc(OCC(O)CO)n(-c4ccnc(N)n4)c3c2)no1. The number of aryl methyl sites for hydroxylation is 1. The van der Waals surface area contributed by atoms with E-state index in [4.69, 9.17) is 20.1 Å². The molecule has 4 aromatic rings. The summed E-state index contributed by atoms with van der Waals surface area (Å²) in [4.78, 5) is 12.6. The number of aromatic nitrogens is 5. The van der Waals surface area contributed by atoms with Crippen molar-refractivity contribution in [1.29, 1.82) is 0 Å². The van der Waals surface area contributed by atoms with E-state index in [1.165, 1.54) is 13.1 Å². The molecule has 0 amide bonds. The third-order valence-corrected chi connectivity index (χ3v) is 4.70. The van der Waals surface area contributed by atoms with Crippen LogP contribution in [0.4, 0.5) is 5.95 Å². The van der Waals surface area contributed by atoms with Gasteiger partial charge in [0, 0.05) is 23.9 Å². The molecule has 33 heavy (non-hydrogen) atoms. The van der Waals surface area contributed by atoms with Gasteiger partial charge in [-0.1, -0.05) is 17.0 Å². The standard InChI is InChI=1S/C22H22N6O5/c1-13-9-18(27-33-13)22(2,31)7-5-14-3-4-16-17(10-14)28(19-6-8-24-20(23)26-19)21(25-16)32-12-15(30)11-29/h3-4,6,8-10,15,29-31H,11-12H2,1-2H3,(H2,23,24,26). The predicted molar refractivity (Wildman–Crippen MR) is 117 cm³/mol. The quantitative estimate of drug-likeness (QED) is 0.307. The summed E-state index contributed by atoms with van der Waals surface area (Å²) in [5.41, 5.74) is 6.32. The highest BCUT2D eigenvalue weighted by atomic mass is 16.5. The average molecular weight is 450 g/mol. The summed E-state index contributed by atoms with van der Waals surface area (Å²) in [6.07, 6.45) is 0.425. The molecule has 0 spiro atoms. The maximum atomic E-state index is 10.7. The van der Waals surface area contributed by atoms with E-state index in [0.29, 0.717) is 33.9 Å². The number of nitrogens with zero attached hydrogens (tertiary/aromatic N) is 5. The summed E-state index contributed by atoms with van der Waals surface area (Å²) >= 11 is 0. The topological polar surface area (TPSA) is 166 Å². The third-order valence-electron chi connectivity index (χ3n) is 4.70. The van der Waals surface area contributed by atoms with Crippen LogP contribution in [0.3, 0.4) is 0 Å². The lowest BCUT2D eigenvalue weighted by Gasteiger charge is -2.12. The zero-order valence-electron chi connectivity index (χ0n) is 17.9. The predicted octanol–water partition coefficient (Wildman–Crippen LogP) is 0.685. The number of nitrogen functional groups attached to an aromatic ring is 1. The fourth-order valence-electron chi connectivity index (χ4n) is 3.01. The second-order valence-corrected chi connectivity index (χ2v) is 7.50. The van der Waals surface area contributed by atoms with Crippen molar-refractivity contribution in [3.63, 3.8) is 0 Å². The number of aliphatic hydroxyl groups is 3. The number of hydrogen-bond donors (Lipinski definition) is 4. The van der Waals surface area contributed by atoms with Crippen LogP contribution in [0.2, 0.25) is 0 Å². The van der Waals surface area contributed by atoms with Gasteiger partial charge in [0.1, 0.15) is 30.0 Å². The van der Waals surface area contributed by atoms with Crippen LogP contribution < -0.4 is 10.5 Å². The Morgan fingerprint density at radius 1 is 1.27 bits per heavy atom. The van der Waals surface area contributed by atoms with Crippen LogP contribution in [0.15, 0.2) is 41.1 Å². The van der Waals surface area contributed by atoms with E-state index in [0.717, 1.165) is 0 Å². The first-order chi connectivity index (χ1) is 15.8. The molecule has 3 heterocycles. The van der Waals surface area contributed by atoms with Crippen molar-refractivity contribution >= 4 is 17.0 Å². The van der Waals surface area contributed by atoms with Crippen molar-refractivity contribution < 1.29 is 24.6 Å².